The van der Waals surface area contributed by atoms with Gasteiger partial charge in [0.05, 0.1) is 11.4 Å². The lowest BCUT2D eigenvalue weighted by molar-refractivity contribution is 0.638. The van der Waals surface area contributed by atoms with Crippen LogP contribution in [0.5, 0.6) is 0 Å². The topological polar surface area (TPSA) is 51.8 Å². The lowest BCUT2D eigenvalue weighted by Gasteiger charge is -2.25. The molecule has 2 aromatic carbocycles. The second kappa shape index (κ2) is 6.94. The normalized spacial score (nSPS) is 17.2. The number of thioether (sulfide) groups is 2. The molecule has 148 valence electrons. The van der Waals surface area contributed by atoms with Crippen LogP contribution in [-0.4, -0.2) is 24.7 Å². The van der Waals surface area contributed by atoms with Gasteiger partial charge in [-0.2, -0.15) is 5.10 Å². The van der Waals surface area contributed by atoms with E-state index in [1.807, 2.05) is 67.6 Å². The van der Waals surface area contributed by atoms with Gasteiger partial charge in [-0.1, -0.05) is 71.9 Å². The molecule has 4 aromatic rings. The van der Waals surface area contributed by atoms with Crippen molar-refractivity contribution in [3.63, 3.8) is 0 Å². The molecule has 9 heteroatoms. The van der Waals surface area contributed by atoms with Gasteiger partial charge in [0.15, 0.2) is 5.82 Å². The van der Waals surface area contributed by atoms with Gasteiger partial charge < -0.3 is 0 Å². The Morgan fingerprint density at radius 2 is 1.70 bits per heavy atom. The molecule has 2 aromatic heterocycles. The molecule has 6 nitrogen and oxygen atoms in total. The van der Waals surface area contributed by atoms with Crippen LogP contribution in [0.15, 0.2) is 76.3 Å². The Hall–Kier alpha value is -2.68. The first-order chi connectivity index (χ1) is 14.7. The first kappa shape index (κ1) is 18.1. The van der Waals surface area contributed by atoms with E-state index in [-0.39, 0.29) is 5.37 Å². The molecule has 6 rings (SSSR count). The van der Waals surface area contributed by atoms with E-state index in [1.165, 1.54) is 0 Å². The summed E-state index contributed by atoms with van der Waals surface area (Å²) in [6.45, 7) is 2.01. The van der Waals surface area contributed by atoms with Crippen molar-refractivity contribution < 1.29 is 0 Å². The minimum absolute atomic E-state index is 0.0443. The number of aryl methyl sites for hydroxylation is 1. The second-order valence-corrected chi connectivity index (χ2v) is 9.21. The maximum atomic E-state index is 6.88. The average molecular weight is 451 g/mol. The lowest BCUT2D eigenvalue weighted by Crippen LogP contribution is -2.30. The number of hydrogen-bond donors (Lipinski definition) is 0. The van der Waals surface area contributed by atoms with Gasteiger partial charge in [-0.05, 0) is 30.8 Å². The zero-order valence-electron chi connectivity index (χ0n) is 15.8. The highest BCUT2D eigenvalue weighted by atomic mass is 35.5. The molecule has 0 radical (unpaired) electrons. The van der Waals surface area contributed by atoms with Crippen molar-refractivity contribution in [2.75, 3.05) is 5.01 Å². The highest BCUT2D eigenvalue weighted by Gasteiger charge is 2.42. The zero-order chi connectivity index (χ0) is 20.2. The fourth-order valence-corrected chi connectivity index (χ4v) is 6.50. The van der Waals surface area contributed by atoms with Gasteiger partial charge in [0, 0.05) is 16.5 Å². The van der Waals surface area contributed by atoms with E-state index in [1.54, 1.807) is 28.2 Å². The largest absolute Gasteiger partial charge is 0.252 e. The second-order valence-electron chi connectivity index (χ2n) is 6.91. The molecular formula is C21H15ClN6S2. The Kier molecular flexibility index (Phi) is 4.19. The van der Waals surface area contributed by atoms with Gasteiger partial charge in [-0.15, -0.1) is 10.2 Å². The van der Waals surface area contributed by atoms with E-state index in [0.29, 0.717) is 5.15 Å². The number of aromatic nitrogens is 5. The van der Waals surface area contributed by atoms with Crippen molar-refractivity contribution in [1.82, 2.24) is 24.7 Å². The van der Waals surface area contributed by atoms with Crippen molar-refractivity contribution in [2.24, 2.45) is 0 Å². The maximum absolute atomic E-state index is 6.88. The molecule has 0 saturated carbocycles. The number of benzene rings is 2. The summed E-state index contributed by atoms with van der Waals surface area (Å²) in [5.41, 5.74) is 3.87. The van der Waals surface area contributed by atoms with Crippen LogP contribution in [0.4, 0.5) is 0 Å². The van der Waals surface area contributed by atoms with E-state index in [0.717, 1.165) is 38.5 Å². The zero-order valence-corrected chi connectivity index (χ0v) is 18.2. The Morgan fingerprint density at radius 3 is 2.47 bits per heavy atom. The molecule has 0 aliphatic carbocycles. The van der Waals surface area contributed by atoms with E-state index in [4.69, 9.17) is 16.7 Å². The summed E-state index contributed by atoms with van der Waals surface area (Å²) >= 11 is 10.2. The van der Waals surface area contributed by atoms with Crippen molar-refractivity contribution in [2.45, 2.75) is 17.5 Å². The molecule has 1 unspecified atom stereocenters. The van der Waals surface area contributed by atoms with Crippen LogP contribution < -0.4 is 5.01 Å². The average Bonchev–Trinajstić information content (AvgIpc) is 3.50. The highest BCUT2D eigenvalue weighted by Crippen LogP contribution is 2.53. The van der Waals surface area contributed by atoms with E-state index >= 15 is 0 Å². The summed E-state index contributed by atoms with van der Waals surface area (Å²) in [5.74, 6) is 0.818. The van der Waals surface area contributed by atoms with Crippen LogP contribution >= 0.6 is 35.1 Å². The van der Waals surface area contributed by atoms with Crippen molar-refractivity contribution in [3.8, 4) is 17.1 Å². The molecule has 30 heavy (non-hydrogen) atoms. The van der Waals surface area contributed by atoms with Crippen LogP contribution in [0.2, 0.25) is 5.15 Å². The van der Waals surface area contributed by atoms with E-state index < -0.39 is 0 Å². The minimum Gasteiger partial charge on any atom is -0.252 e. The third kappa shape index (κ3) is 2.64. The summed E-state index contributed by atoms with van der Waals surface area (Å²) < 4.78 is 3.89. The molecule has 2 aliphatic rings. The Labute approximate surface area is 186 Å². The molecule has 0 saturated heterocycles. The van der Waals surface area contributed by atoms with Gasteiger partial charge in [0.2, 0.25) is 5.16 Å². The Balaban J connectivity index is 1.46. The number of halogens is 1. The van der Waals surface area contributed by atoms with Crippen molar-refractivity contribution >= 4 is 35.1 Å². The van der Waals surface area contributed by atoms with Crippen molar-refractivity contribution in [1.29, 1.82) is 0 Å². The summed E-state index contributed by atoms with van der Waals surface area (Å²) in [7, 11) is 0. The number of fused-ring (bicyclic) bond motifs is 3. The van der Waals surface area contributed by atoms with Crippen LogP contribution in [0.1, 0.15) is 16.6 Å². The first-order valence-electron chi connectivity index (χ1n) is 9.36. The number of rotatable bonds is 3. The van der Waals surface area contributed by atoms with E-state index in [9.17, 15) is 0 Å². The molecule has 0 fully saturated rings. The molecule has 2 aliphatic heterocycles. The van der Waals surface area contributed by atoms with Crippen LogP contribution in [0, 0.1) is 6.92 Å². The summed E-state index contributed by atoms with van der Waals surface area (Å²) in [6.07, 6.45) is 0. The quantitative estimate of drug-likeness (QED) is 0.417. The number of hydrogen-bond acceptors (Lipinski definition) is 6. The third-order valence-corrected chi connectivity index (χ3v) is 7.61. The molecule has 1 atom stereocenters. The van der Waals surface area contributed by atoms with Gasteiger partial charge in [0.1, 0.15) is 15.6 Å². The van der Waals surface area contributed by atoms with Crippen molar-refractivity contribution in [3.05, 3.63) is 87.5 Å². The fraction of sp³-hybridized carbons (Fsp3) is 0.0952. The predicted octanol–water partition coefficient (Wildman–Crippen LogP) is 5.38. The van der Waals surface area contributed by atoms with Crippen LogP contribution in [0.25, 0.3) is 17.1 Å². The van der Waals surface area contributed by atoms with Gasteiger partial charge in [-0.3, -0.25) is 5.01 Å². The molecular weight excluding hydrogens is 436 g/mol. The monoisotopic (exact) mass is 450 g/mol. The SMILES string of the molecule is Cc1nn(-c2ccccc2)c(Cl)c1C1SC=C2Sc3nnc(-c4ccccc4)n3N21. The molecule has 0 amide bonds. The molecule has 0 N–H and O–H groups in total. The van der Waals surface area contributed by atoms with Gasteiger partial charge in [0.25, 0.3) is 0 Å². The first-order valence-corrected chi connectivity index (χ1v) is 11.5. The Morgan fingerprint density at radius 1 is 0.967 bits per heavy atom. The predicted molar refractivity (Wildman–Crippen MR) is 121 cm³/mol. The Bertz CT molecular complexity index is 1280. The maximum Gasteiger partial charge on any atom is 0.217 e. The molecule has 0 bridgehead atoms. The minimum atomic E-state index is -0.0443. The summed E-state index contributed by atoms with van der Waals surface area (Å²) in [4.78, 5) is 0. The highest BCUT2D eigenvalue weighted by molar-refractivity contribution is 8.07. The smallest absolute Gasteiger partial charge is 0.217 e. The summed E-state index contributed by atoms with van der Waals surface area (Å²) in [5, 5.41) is 20.5. The van der Waals surface area contributed by atoms with Crippen LogP contribution in [0.3, 0.4) is 0 Å². The number of nitrogens with zero attached hydrogens (tertiary/aromatic N) is 6. The van der Waals surface area contributed by atoms with Gasteiger partial charge >= 0.3 is 0 Å². The standard InChI is InChI=1S/C21H15ClN6S2/c1-13-17(18(22)26(25-13)15-10-6-3-7-11-15)20-27-16(12-29-20)30-21-24-23-19(28(21)27)14-8-4-2-5-9-14/h2-12,20H,1H3. The fourth-order valence-electron chi connectivity index (χ4n) is 3.73. The van der Waals surface area contributed by atoms with E-state index in [2.05, 4.69) is 25.3 Å². The molecule has 4 heterocycles. The number of para-hydroxylation sites is 1. The summed E-state index contributed by atoms with van der Waals surface area (Å²) in [6, 6.07) is 20.1. The lowest BCUT2D eigenvalue weighted by atomic mass is 10.2. The third-order valence-electron chi connectivity index (χ3n) is 5.10. The van der Waals surface area contributed by atoms with Crippen LogP contribution in [-0.2, 0) is 0 Å². The molecule has 0 spiro atoms. The van der Waals surface area contributed by atoms with Gasteiger partial charge in [-0.25, -0.2) is 9.36 Å².